The maximum Gasteiger partial charge on any atom is 0.224 e. The van der Waals surface area contributed by atoms with Gasteiger partial charge in [-0.1, -0.05) is 23.7 Å². The Kier molecular flexibility index (Phi) is 6.71. The Balaban J connectivity index is 1.85. The van der Waals surface area contributed by atoms with E-state index in [1.54, 1.807) is 13.2 Å². The van der Waals surface area contributed by atoms with Gasteiger partial charge >= 0.3 is 0 Å². The smallest absolute Gasteiger partial charge is 0.224 e. The van der Waals surface area contributed by atoms with Crippen LogP contribution in [-0.2, 0) is 4.79 Å². The van der Waals surface area contributed by atoms with Crippen molar-refractivity contribution < 1.29 is 14.3 Å². The Bertz CT molecular complexity index is 759. The average Bonchev–Trinajstić information content (AvgIpc) is 2.57. The van der Waals surface area contributed by atoms with Gasteiger partial charge in [0.25, 0.3) is 0 Å². The van der Waals surface area contributed by atoms with Gasteiger partial charge in [0, 0.05) is 17.5 Å². The zero-order valence-corrected chi connectivity index (χ0v) is 15.9. The van der Waals surface area contributed by atoms with Crippen molar-refractivity contribution in [3.05, 3.63) is 52.0 Å². The molecule has 25 heavy (non-hydrogen) atoms. The van der Waals surface area contributed by atoms with Gasteiger partial charge < -0.3 is 14.8 Å². The van der Waals surface area contributed by atoms with E-state index in [0.717, 1.165) is 22.4 Å². The van der Waals surface area contributed by atoms with Crippen LogP contribution in [0.1, 0.15) is 29.5 Å². The number of ether oxygens (including phenoxy) is 2. The molecule has 0 fully saturated rings. The van der Waals surface area contributed by atoms with Gasteiger partial charge in [0.1, 0.15) is 11.5 Å². The minimum atomic E-state index is -0.0791. The van der Waals surface area contributed by atoms with E-state index in [1.807, 2.05) is 39.0 Å². The summed E-state index contributed by atoms with van der Waals surface area (Å²) in [6.07, 6.45) is 1.00. The van der Waals surface area contributed by atoms with Crippen LogP contribution >= 0.6 is 11.6 Å². The van der Waals surface area contributed by atoms with Crippen LogP contribution in [-0.4, -0.2) is 19.6 Å². The molecule has 4 nitrogen and oxygen atoms in total. The average molecular weight is 362 g/mol. The zero-order chi connectivity index (χ0) is 18.4. The Morgan fingerprint density at radius 1 is 1.08 bits per heavy atom. The maximum absolute atomic E-state index is 12.2. The van der Waals surface area contributed by atoms with Gasteiger partial charge in [0.15, 0.2) is 0 Å². The van der Waals surface area contributed by atoms with Crippen molar-refractivity contribution in [1.82, 2.24) is 0 Å². The highest BCUT2D eigenvalue weighted by atomic mass is 35.5. The third kappa shape index (κ3) is 5.40. The summed E-state index contributed by atoms with van der Waals surface area (Å²) in [7, 11) is 1.55. The fraction of sp³-hybridized carbons (Fsp3) is 0.350. The first kappa shape index (κ1) is 19.1. The number of aryl methyl sites for hydroxylation is 3. The Hall–Kier alpha value is -2.20. The number of hydrogen-bond donors (Lipinski definition) is 1. The molecule has 0 aliphatic heterocycles. The number of carbonyl (C=O) groups excluding carboxylic acids is 1. The Labute approximate surface area is 154 Å². The molecule has 2 aromatic carbocycles. The summed E-state index contributed by atoms with van der Waals surface area (Å²) in [6.45, 7) is 6.42. The van der Waals surface area contributed by atoms with Gasteiger partial charge in [-0.05, 0) is 56.0 Å². The predicted molar refractivity (Wildman–Crippen MR) is 102 cm³/mol. The van der Waals surface area contributed by atoms with Crippen LogP contribution in [0.3, 0.4) is 0 Å². The van der Waals surface area contributed by atoms with E-state index >= 15 is 0 Å². The molecule has 1 amide bonds. The number of anilines is 1. The van der Waals surface area contributed by atoms with Crippen molar-refractivity contribution in [2.24, 2.45) is 0 Å². The van der Waals surface area contributed by atoms with E-state index in [4.69, 9.17) is 21.1 Å². The quantitative estimate of drug-likeness (QED) is 0.700. The van der Waals surface area contributed by atoms with Crippen LogP contribution < -0.4 is 14.8 Å². The van der Waals surface area contributed by atoms with Crippen molar-refractivity contribution in [3.63, 3.8) is 0 Å². The molecule has 0 saturated carbocycles. The second-order valence-electron chi connectivity index (χ2n) is 6.07. The number of hydrogen-bond acceptors (Lipinski definition) is 3. The standard InChI is InChI=1S/C20H24ClNO3/c1-13-7-8-14(2)18(10-13)25-9-5-6-20(23)22-17-11-15(3)16(21)12-19(17)24-4/h7-8,10-12H,5-6,9H2,1-4H3,(H,22,23). The lowest BCUT2D eigenvalue weighted by atomic mass is 10.1. The van der Waals surface area contributed by atoms with E-state index in [0.29, 0.717) is 35.9 Å². The number of nitrogens with one attached hydrogen (secondary N) is 1. The molecule has 0 aliphatic carbocycles. The Morgan fingerprint density at radius 2 is 1.84 bits per heavy atom. The highest BCUT2D eigenvalue weighted by Gasteiger charge is 2.10. The molecule has 0 bridgehead atoms. The monoisotopic (exact) mass is 361 g/mol. The van der Waals surface area contributed by atoms with Crippen molar-refractivity contribution in [2.75, 3.05) is 19.0 Å². The van der Waals surface area contributed by atoms with Crippen LogP contribution in [0.25, 0.3) is 0 Å². The van der Waals surface area contributed by atoms with Crippen LogP contribution in [0.5, 0.6) is 11.5 Å². The van der Waals surface area contributed by atoms with Crippen molar-refractivity contribution in [3.8, 4) is 11.5 Å². The first-order valence-electron chi connectivity index (χ1n) is 8.24. The summed E-state index contributed by atoms with van der Waals surface area (Å²) >= 11 is 6.08. The third-order valence-electron chi connectivity index (χ3n) is 3.90. The van der Waals surface area contributed by atoms with Gasteiger partial charge in [-0.15, -0.1) is 0 Å². The number of halogens is 1. The maximum atomic E-state index is 12.2. The largest absolute Gasteiger partial charge is 0.495 e. The van der Waals surface area contributed by atoms with Gasteiger partial charge in [-0.25, -0.2) is 0 Å². The Morgan fingerprint density at radius 3 is 2.56 bits per heavy atom. The first-order valence-corrected chi connectivity index (χ1v) is 8.62. The summed E-state index contributed by atoms with van der Waals surface area (Å²) in [4.78, 5) is 12.2. The second-order valence-corrected chi connectivity index (χ2v) is 6.48. The third-order valence-corrected chi connectivity index (χ3v) is 4.31. The lowest BCUT2D eigenvalue weighted by Gasteiger charge is -2.13. The van der Waals surface area contributed by atoms with E-state index in [9.17, 15) is 4.79 Å². The summed E-state index contributed by atoms with van der Waals surface area (Å²) in [5, 5.41) is 3.48. The molecule has 0 heterocycles. The summed E-state index contributed by atoms with van der Waals surface area (Å²) in [6, 6.07) is 9.61. The normalized spacial score (nSPS) is 10.4. The van der Waals surface area contributed by atoms with Crippen LogP contribution in [0.15, 0.2) is 30.3 Å². The molecular formula is C20H24ClNO3. The predicted octanol–water partition coefficient (Wildman–Crippen LogP) is 5.07. The molecule has 0 spiro atoms. The zero-order valence-electron chi connectivity index (χ0n) is 15.1. The lowest BCUT2D eigenvalue weighted by molar-refractivity contribution is -0.116. The highest BCUT2D eigenvalue weighted by Crippen LogP contribution is 2.31. The minimum absolute atomic E-state index is 0.0791. The van der Waals surface area contributed by atoms with Gasteiger partial charge in [-0.2, -0.15) is 0 Å². The van der Waals surface area contributed by atoms with Gasteiger partial charge in [0.05, 0.1) is 19.4 Å². The van der Waals surface area contributed by atoms with Crippen molar-refractivity contribution >= 4 is 23.2 Å². The highest BCUT2D eigenvalue weighted by molar-refractivity contribution is 6.31. The molecule has 2 rings (SSSR count). The first-order chi connectivity index (χ1) is 11.9. The molecule has 0 atom stereocenters. The lowest BCUT2D eigenvalue weighted by Crippen LogP contribution is -2.13. The summed E-state index contributed by atoms with van der Waals surface area (Å²) in [5.41, 5.74) is 3.76. The fourth-order valence-electron chi connectivity index (χ4n) is 2.42. The van der Waals surface area contributed by atoms with E-state index in [2.05, 4.69) is 11.4 Å². The molecule has 2 aromatic rings. The van der Waals surface area contributed by atoms with E-state index in [-0.39, 0.29) is 5.91 Å². The SMILES string of the molecule is COc1cc(Cl)c(C)cc1NC(=O)CCCOc1cc(C)ccc1C. The molecular weight excluding hydrogens is 338 g/mol. The number of carbonyl (C=O) groups is 1. The van der Waals surface area contributed by atoms with Crippen molar-refractivity contribution in [1.29, 1.82) is 0 Å². The molecule has 134 valence electrons. The molecule has 1 N–H and O–H groups in total. The molecule has 0 unspecified atom stereocenters. The van der Waals surface area contributed by atoms with Gasteiger partial charge in [-0.3, -0.25) is 4.79 Å². The summed E-state index contributed by atoms with van der Waals surface area (Å²) < 4.78 is 11.0. The van der Waals surface area contributed by atoms with Crippen LogP contribution in [0, 0.1) is 20.8 Å². The minimum Gasteiger partial charge on any atom is -0.495 e. The molecule has 0 aromatic heterocycles. The van der Waals surface area contributed by atoms with Crippen LogP contribution in [0.2, 0.25) is 5.02 Å². The molecule has 0 aliphatic rings. The topological polar surface area (TPSA) is 47.6 Å². The molecule has 0 saturated heterocycles. The molecule has 5 heteroatoms. The van der Waals surface area contributed by atoms with Crippen molar-refractivity contribution in [2.45, 2.75) is 33.6 Å². The summed E-state index contributed by atoms with van der Waals surface area (Å²) in [5.74, 6) is 1.34. The second kappa shape index (κ2) is 8.77. The number of amides is 1. The van der Waals surface area contributed by atoms with E-state index < -0.39 is 0 Å². The number of rotatable bonds is 7. The van der Waals surface area contributed by atoms with Gasteiger partial charge in [0.2, 0.25) is 5.91 Å². The van der Waals surface area contributed by atoms with E-state index in [1.165, 1.54) is 0 Å². The fourth-order valence-corrected chi connectivity index (χ4v) is 2.57. The molecule has 0 radical (unpaired) electrons. The number of benzene rings is 2. The van der Waals surface area contributed by atoms with Crippen LogP contribution in [0.4, 0.5) is 5.69 Å². The number of methoxy groups -OCH3 is 1.